The second-order valence-electron chi connectivity index (χ2n) is 5.12. The second-order valence-corrected chi connectivity index (χ2v) is 5.43. The fraction of sp³-hybridized carbons (Fsp3) is 0.467. The van der Waals surface area contributed by atoms with Gasteiger partial charge >= 0.3 is 0 Å². The summed E-state index contributed by atoms with van der Waals surface area (Å²) in [5.74, 6) is 1.66. The molecule has 1 saturated heterocycles. The van der Waals surface area contributed by atoms with Gasteiger partial charge in [-0.2, -0.15) is 0 Å². The fourth-order valence-electron chi connectivity index (χ4n) is 2.79. The number of piperidine rings is 1. The average Bonchev–Trinajstić information content (AvgIpc) is 2.46. The Labute approximate surface area is 118 Å². The van der Waals surface area contributed by atoms with Crippen molar-refractivity contribution in [3.8, 4) is 0 Å². The van der Waals surface area contributed by atoms with Gasteiger partial charge in [-0.1, -0.05) is 12.1 Å². The van der Waals surface area contributed by atoms with Crippen LogP contribution in [0, 0.1) is 6.92 Å². The first-order valence-corrected chi connectivity index (χ1v) is 7.39. The van der Waals surface area contributed by atoms with Crippen LogP contribution in [0.5, 0.6) is 0 Å². The zero-order valence-electron chi connectivity index (χ0n) is 11.1. The van der Waals surface area contributed by atoms with Crippen LogP contribution >= 0.6 is 11.6 Å². The molecule has 1 unspecified atom stereocenters. The van der Waals surface area contributed by atoms with Crippen molar-refractivity contribution < 1.29 is 0 Å². The highest BCUT2D eigenvalue weighted by Gasteiger charge is 2.24. The first kappa shape index (κ1) is 12.7. The smallest absolute Gasteiger partial charge is 0.151 e. The largest absolute Gasteiger partial charge is 0.351 e. The minimum Gasteiger partial charge on any atom is -0.351 e. The van der Waals surface area contributed by atoms with E-state index in [1.54, 1.807) is 0 Å². The summed E-state index contributed by atoms with van der Waals surface area (Å²) in [6.07, 6.45) is 3.62. The molecular formula is C15H18ClN3. The van der Waals surface area contributed by atoms with Crippen molar-refractivity contribution >= 4 is 28.5 Å². The van der Waals surface area contributed by atoms with Crippen molar-refractivity contribution in [3.63, 3.8) is 0 Å². The maximum Gasteiger partial charge on any atom is 0.151 e. The van der Waals surface area contributed by atoms with E-state index < -0.39 is 0 Å². The van der Waals surface area contributed by atoms with E-state index in [1.807, 2.05) is 31.2 Å². The first-order chi connectivity index (χ1) is 9.29. The van der Waals surface area contributed by atoms with Gasteiger partial charge in [0.1, 0.15) is 0 Å². The van der Waals surface area contributed by atoms with Gasteiger partial charge in [0.2, 0.25) is 0 Å². The van der Waals surface area contributed by atoms with Crippen LogP contribution in [0.4, 0.5) is 5.82 Å². The normalized spacial score (nSPS) is 19.9. The number of aryl methyl sites for hydroxylation is 1. The molecular weight excluding hydrogens is 258 g/mol. The summed E-state index contributed by atoms with van der Waals surface area (Å²) in [6, 6.07) is 8.42. The molecule has 2 heterocycles. The van der Waals surface area contributed by atoms with Crippen LogP contribution in [0.25, 0.3) is 11.0 Å². The molecule has 100 valence electrons. The Morgan fingerprint density at radius 1 is 1.21 bits per heavy atom. The summed E-state index contributed by atoms with van der Waals surface area (Å²) in [5.41, 5.74) is 2.92. The molecule has 3 nitrogen and oxygen atoms in total. The van der Waals surface area contributed by atoms with Crippen molar-refractivity contribution in [2.45, 2.75) is 32.2 Å². The summed E-state index contributed by atoms with van der Waals surface area (Å²) in [7, 11) is 0. The van der Waals surface area contributed by atoms with Crippen LogP contribution in [0.15, 0.2) is 24.3 Å². The number of hydrogen-bond donors (Lipinski definition) is 0. The summed E-state index contributed by atoms with van der Waals surface area (Å²) in [4.78, 5) is 11.8. The fourth-order valence-corrected chi connectivity index (χ4v) is 3.11. The van der Waals surface area contributed by atoms with E-state index in [-0.39, 0.29) is 0 Å². The molecule has 19 heavy (non-hydrogen) atoms. The summed E-state index contributed by atoms with van der Waals surface area (Å²) >= 11 is 6.11. The van der Waals surface area contributed by atoms with Gasteiger partial charge in [-0.25, -0.2) is 9.97 Å². The van der Waals surface area contributed by atoms with Crippen LogP contribution in [0.3, 0.4) is 0 Å². The van der Waals surface area contributed by atoms with Gasteiger partial charge in [0.15, 0.2) is 5.82 Å². The number of anilines is 1. The van der Waals surface area contributed by atoms with E-state index in [0.717, 1.165) is 35.5 Å². The van der Waals surface area contributed by atoms with Crippen LogP contribution in [0.1, 0.15) is 25.0 Å². The number of hydrogen-bond acceptors (Lipinski definition) is 3. The van der Waals surface area contributed by atoms with Crippen LogP contribution in [0.2, 0.25) is 0 Å². The molecule has 0 amide bonds. The highest BCUT2D eigenvalue weighted by atomic mass is 35.5. The SMILES string of the molecule is Cc1nc2ccccc2nc1N1CCCCC1CCl. The molecule has 1 aliphatic heterocycles. The molecule has 1 atom stereocenters. The first-order valence-electron chi connectivity index (χ1n) is 6.85. The van der Waals surface area contributed by atoms with Gasteiger partial charge in [0.25, 0.3) is 0 Å². The van der Waals surface area contributed by atoms with Gasteiger partial charge in [-0.05, 0) is 38.3 Å². The van der Waals surface area contributed by atoms with E-state index in [0.29, 0.717) is 11.9 Å². The standard InChI is InChI=1S/C15H18ClN3/c1-11-15(19-9-5-4-6-12(19)10-16)18-14-8-3-2-7-13(14)17-11/h2-3,7-8,12H,4-6,9-10H2,1H3. The van der Waals surface area contributed by atoms with E-state index in [4.69, 9.17) is 16.6 Å². The van der Waals surface area contributed by atoms with E-state index in [9.17, 15) is 0 Å². The number of rotatable bonds is 2. The van der Waals surface area contributed by atoms with Crippen molar-refractivity contribution in [2.75, 3.05) is 17.3 Å². The van der Waals surface area contributed by atoms with Crippen molar-refractivity contribution in [1.82, 2.24) is 9.97 Å². The third kappa shape index (κ3) is 2.39. The van der Waals surface area contributed by atoms with Crippen LogP contribution < -0.4 is 4.90 Å². The Bertz CT molecular complexity index is 585. The Hall–Kier alpha value is -1.35. The molecule has 0 bridgehead atoms. The summed E-state index contributed by atoms with van der Waals surface area (Å²) in [6.45, 7) is 3.07. The van der Waals surface area contributed by atoms with E-state index >= 15 is 0 Å². The highest BCUT2D eigenvalue weighted by molar-refractivity contribution is 6.18. The van der Waals surface area contributed by atoms with Gasteiger partial charge < -0.3 is 4.90 Å². The minimum atomic E-state index is 0.393. The van der Waals surface area contributed by atoms with Gasteiger partial charge in [0.05, 0.1) is 16.7 Å². The Kier molecular flexibility index (Phi) is 3.56. The van der Waals surface area contributed by atoms with E-state index in [1.165, 1.54) is 12.8 Å². The topological polar surface area (TPSA) is 29.0 Å². The Balaban J connectivity index is 2.05. The maximum atomic E-state index is 6.11. The van der Waals surface area contributed by atoms with Crippen molar-refractivity contribution in [2.24, 2.45) is 0 Å². The molecule has 3 rings (SSSR count). The average molecular weight is 276 g/mol. The highest BCUT2D eigenvalue weighted by Crippen LogP contribution is 2.27. The van der Waals surface area contributed by atoms with Crippen molar-refractivity contribution in [3.05, 3.63) is 30.0 Å². The maximum absolute atomic E-state index is 6.11. The molecule has 0 spiro atoms. The van der Waals surface area contributed by atoms with E-state index in [2.05, 4.69) is 9.88 Å². The lowest BCUT2D eigenvalue weighted by molar-refractivity contribution is 0.483. The number of para-hydroxylation sites is 2. The molecule has 1 fully saturated rings. The predicted octanol–water partition coefficient (Wildman–Crippen LogP) is 3.54. The number of aromatic nitrogens is 2. The lowest BCUT2D eigenvalue weighted by Gasteiger charge is -2.36. The zero-order valence-corrected chi connectivity index (χ0v) is 11.9. The number of halogens is 1. The molecule has 2 aromatic rings. The molecule has 0 aliphatic carbocycles. The molecule has 1 aromatic carbocycles. The van der Waals surface area contributed by atoms with Crippen molar-refractivity contribution in [1.29, 1.82) is 0 Å². The van der Waals surface area contributed by atoms with Gasteiger partial charge in [-0.3, -0.25) is 0 Å². The third-order valence-electron chi connectivity index (χ3n) is 3.80. The number of fused-ring (bicyclic) bond motifs is 1. The molecule has 0 N–H and O–H groups in total. The molecule has 4 heteroatoms. The second kappa shape index (κ2) is 5.33. The minimum absolute atomic E-state index is 0.393. The third-order valence-corrected chi connectivity index (χ3v) is 4.15. The lowest BCUT2D eigenvalue weighted by atomic mass is 10.0. The van der Waals surface area contributed by atoms with Crippen LogP contribution in [-0.2, 0) is 0 Å². The molecule has 0 saturated carbocycles. The lowest BCUT2D eigenvalue weighted by Crippen LogP contribution is -2.41. The molecule has 1 aliphatic rings. The summed E-state index contributed by atoms with van der Waals surface area (Å²) in [5, 5.41) is 0. The Morgan fingerprint density at radius 2 is 1.95 bits per heavy atom. The zero-order chi connectivity index (χ0) is 13.2. The monoisotopic (exact) mass is 275 g/mol. The summed E-state index contributed by atoms with van der Waals surface area (Å²) < 4.78 is 0. The predicted molar refractivity (Wildman–Crippen MR) is 80.0 cm³/mol. The number of benzene rings is 1. The number of alkyl halides is 1. The molecule has 1 aromatic heterocycles. The Morgan fingerprint density at radius 3 is 2.68 bits per heavy atom. The van der Waals surface area contributed by atoms with Crippen LogP contribution in [-0.4, -0.2) is 28.4 Å². The van der Waals surface area contributed by atoms with Gasteiger partial charge in [0, 0.05) is 18.5 Å². The molecule has 0 radical (unpaired) electrons. The quantitative estimate of drug-likeness (QED) is 0.785. The number of nitrogens with zero attached hydrogens (tertiary/aromatic N) is 3. The van der Waals surface area contributed by atoms with Gasteiger partial charge in [-0.15, -0.1) is 11.6 Å².